The SMILES string of the molecule is O=C1Oc2ccccc2NC1c1ccc(F)cc1. The molecule has 0 saturated heterocycles. The van der Waals surface area contributed by atoms with Crippen LogP contribution in [0, 0.1) is 5.82 Å². The molecule has 0 aliphatic carbocycles. The smallest absolute Gasteiger partial charge is 0.338 e. The fourth-order valence-electron chi connectivity index (χ4n) is 1.93. The summed E-state index contributed by atoms with van der Waals surface area (Å²) in [5, 5.41) is 3.09. The number of carbonyl (C=O) groups excluding carboxylic acids is 1. The second kappa shape index (κ2) is 4.14. The van der Waals surface area contributed by atoms with Gasteiger partial charge in [0.2, 0.25) is 0 Å². The molecule has 0 amide bonds. The second-order valence-electron chi connectivity index (χ2n) is 4.05. The lowest BCUT2D eigenvalue weighted by molar-refractivity contribution is -0.136. The number of anilines is 1. The summed E-state index contributed by atoms with van der Waals surface area (Å²) in [5.41, 5.74) is 1.43. The molecule has 0 radical (unpaired) electrons. The van der Waals surface area contributed by atoms with Crippen molar-refractivity contribution in [2.75, 3.05) is 5.32 Å². The highest BCUT2D eigenvalue weighted by Crippen LogP contribution is 2.33. The molecule has 90 valence electrons. The molecular formula is C14H10FNO2. The van der Waals surface area contributed by atoms with E-state index in [2.05, 4.69) is 5.32 Å². The van der Waals surface area contributed by atoms with E-state index < -0.39 is 6.04 Å². The van der Waals surface area contributed by atoms with E-state index in [9.17, 15) is 9.18 Å². The zero-order valence-electron chi connectivity index (χ0n) is 9.39. The largest absolute Gasteiger partial charge is 0.423 e. The van der Waals surface area contributed by atoms with Gasteiger partial charge in [-0.25, -0.2) is 9.18 Å². The summed E-state index contributed by atoms with van der Waals surface area (Å²) in [6.07, 6.45) is 0. The number of para-hydroxylation sites is 2. The maximum absolute atomic E-state index is 12.9. The van der Waals surface area contributed by atoms with Gasteiger partial charge >= 0.3 is 5.97 Å². The van der Waals surface area contributed by atoms with Gasteiger partial charge < -0.3 is 10.1 Å². The van der Waals surface area contributed by atoms with Crippen molar-refractivity contribution < 1.29 is 13.9 Å². The van der Waals surface area contributed by atoms with Crippen molar-refractivity contribution in [1.29, 1.82) is 0 Å². The number of hydrogen-bond acceptors (Lipinski definition) is 3. The highest BCUT2D eigenvalue weighted by molar-refractivity contribution is 5.87. The van der Waals surface area contributed by atoms with Gasteiger partial charge in [-0.2, -0.15) is 0 Å². The zero-order chi connectivity index (χ0) is 12.5. The number of rotatable bonds is 1. The number of esters is 1. The highest BCUT2D eigenvalue weighted by atomic mass is 19.1. The number of ether oxygens (including phenoxy) is 1. The molecular weight excluding hydrogens is 233 g/mol. The van der Waals surface area contributed by atoms with Crippen LogP contribution in [0.4, 0.5) is 10.1 Å². The summed E-state index contributed by atoms with van der Waals surface area (Å²) in [6.45, 7) is 0. The van der Waals surface area contributed by atoms with Gasteiger partial charge in [0.15, 0.2) is 11.8 Å². The third-order valence-electron chi connectivity index (χ3n) is 2.84. The Bertz CT molecular complexity index is 595. The van der Waals surface area contributed by atoms with Crippen molar-refractivity contribution in [3.63, 3.8) is 0 Å². The summed E-state index contributed by atoms with van der Waals surface area (Å²) >= 11 is 0. The lowest BCUT2D eigenvalue weighted by atomic mass is 10.1. The van der Waals surface area contributed by atoms with Crippen molar-refractivity contribution in [3.05, 3.63) is 59.9 Å². The number of hydrogen-bond donors (Lipinski definition) is 1. The standard InChI is InChI=1S/C14H10FNO2/c15-10-7-5-9(6-8-10)13-14(17)18-12-4-2-1-3-11(12)16-13/h1-8,13,16H. The molecule has 2 aromatic rings. The van der Waals surface area contributed by atoms with Gasteiger partial charge in [0.05, 0.1) is 5.69 Å². The Morgan fingerprint density at radius 1 is 1.06 bits per heavy atom. The maximum Gasteiger partial charge on any atom is 0.338 e. The quantitative estimate of drug-likeness (QED) is 0.618. The molecule has 1 aliphatic rings. The first-order valence-electron chi connectivity index (χ1n) is 5.57. The topological polar surface area (TPSA) is 38.3 Å². The van der Waals surface area contributed by atoms with Crippen molar-refractivity contribution in [2.45, 2.75) is 6.04 Å². The van der Waals surface area contributed by atoms with Gasteiger partial charge in [-0.05, 0) is 29.8 Å². The molecule has 3 nitrogen and oxygen atoms in total. The molecule has 4 heteroatoms. The van der Waals surface area contributed by atoms with E-state index in [0.717, 1.165) is 5.69 Å². The predicted molar refractivity (Wildman–Crippen MR) is 64.8 cm³/mol. The van der Waals surface area contributed by atoms with Crippen molar-refractivity contribution in [2.24, 2.45) is 0 Å². The number of carbonyl (C=O) groups is 1. The van der Waals surface area contributed by atoms with Crippen LogP contribution in [0.15, 0.2) is 48.5 Å². The number of fused-ring (bicyclic) bond motifs is 1. The summed E-state index contributed by atoms with van der Waals surface area (Å²) < 4.78 is 18.1. The molecule has 0 bridgehead atoms. The Labute approximate surface area is 103 Å². The second-order valence-corrected chi connectivity index (χ2v) is 4.05. The lowest BCUT2D eigenvalue weighted by Gasteiger charge is -2.25. The van der Waals surface area contributed by atoms with Crippen LogP contribution in [0.25, 0.3) is 0 Å². The molecule has 0 saturated carbocycles. The fourth-order valence-corrected chi connectivity index (χ4v) is 1.93. The van der Waals surface area contributed by atoms with E-state index in [1.807, 2.05) is 12.1 Å². The first-order valence-corrected chi connectivity index (χ1v) is 5.57. The highest BCUT2D eigenvalue weighted by Gasteiger charge is 2.28. The minimum absolute atomic E-state index is 0.330. The summed E-state index contributed by atoms with van der Waals surface area (Å²) in [6, 6.07) is 12.4. The van der Waals surface area contributed by atoms with Gasteiger partial charge in [-0.1, -0.05) is 24.3 Å². The molecule has 1 aliphatic heterocycles. The molecule has 2 aromatic carbocycles. The average Bonchev–Trinajstić information content (AvgIpc) is 2.39. The van der Waals surface area contributed by atoms with E-state index in [1.165, 1.54) is 12.1 Å². The maximum atomic E-state index is 12.9. The van der Waals surface area contributed by atoms with Gasteiger partial charge in [-0.15, -0.1) is 0 Å². The van der Waals surface area contributed by atoms with Crippen LogP contribution in [-0.4, -0.2) is 5.97 Å². The van der Waals surface area contributed by atoms with E-state index in [-0.39, 0.29) is 11.8 Å². The Morgan fingerprint density at radius 2 is 1.78 bits per heavy atom. The van der Waals surface area contributed by atoms with Crippen LogP contribution >= 0.6 is 0 Å². The monoisotopic (exact) mass is 243 g/mol. The van der Waals surface area contributed by atoms with Crippen molar-refractivity contribution in [3.8, 4) is 5.75 Å². The zero-order valence-corrected chi connectivity index (χ0v) is 9.39. The van der Waals surface area contributed by atoms with Gasteiger partial charge in [0, 0.05) is 0 Å². The normalized spacial score (nSPS) is 17.6. The Hall–Kier alpha value is -2.36. The molecule has 0 aromatic heterocycles. The minimum Gasteiger partial charge on any atom is -0.423 e. The Balaban J connectivity index is 1.95. The summed E-state index contributed by atoms with van der Waals surface area (Å²) in [5.74, 6) is -0.204. The van der Waals surface area contributed by atoms with Gasteiger partial charge in [-0.3, -0.25) is 0 Å². The van der Waals surface area contributed by atoms with Crippen molar-refractivity contribution in [1.82, 2.24) is 0 Å². The summed E-state index contributed by atoms with van der Waals surface area (Å²) in [4.78, 5) is 11.9. The van der Waals surface area contributed by atoms with Crippen LogP contribution in [0.3, 0.4) is 0 Å². The molecule has 1 N–H and O–H groups in total. The molecule has 0 fully saturated rings. The van der Waals surface area contributed by atoms with Gasteiger partial charge in [0.25, 0.3) is 0 Å². The number of halogens is 1. The molecule has 3 rings (SSSR count). The molecule has 0 spiro atoms. The molecule has 1 unspecified atom stereocenters. The lowest BCUT2D eigenvalue weighted by Crippen LogP contribution is -2.29. The molecule has 18 heavy (non-hydrogen) atoms. The Morgan fingerprint density at radius 3 is 2.56 bits per heavy atom. The van der Waals surface area contributed by atoms with Crippen molar-refractivity contribution >= 4 is 11.7 Å². The average molecular weight is 243 g/mol. The third kappa shape index (κ3) is 1.82. The molecule has 1 atom stereocenters. The van der Waals surface area contributed by atoms with Crippen LogP contribution in [0.1, 0.15) is 11.6 Å². The van der Waals surface area contributed by atoms with Crippen LogP contribution in [0.2, 0.25) is 0 Å². The van der Waals surface area contributed by atoms with Crippen LogP contribution < -0.4 is 10.1 Å². The first kappa shape index (κ1) is 10.8. The predicted octanol–water partition coefficient (Wildman–Crippen LogP) is 2.90. The summed E-state index contributed by atoms with van der Waals surface area (Å²) in [7, 11) is 0. The van der Waals surface area contributed by atoms with E-state index in [4.69, 9.17) is 4.74 Å². The number of benzene rings is 2. The number of nitrogens with one attached hydrogen (secondary N) is 1. The van der Waals surface area contributed by atoms with Gasteiger partial charge in [0.1, 0.15) is 5.82 Å². The third-order valence-corrected chi connectivity index (χ3v) is 2.84. The van der Waals surface area contributed by atoms with E-state index in [1.54, 1.807) is 24.3 Å². The Kier molecular flexibility index (Phi) is 2.48. The molecule has 1 heterocycles. The fraction of sp³-hybridized carbons (Fsp3) is 0.0714. The van der Waals surface area contributed by atoms with E-state index in [0.29, 0.717) is 11.3 Å². The minimum atomic E-state index is -0.597. The van der Waals surface area contributed by atoms with E-state index >= 15 is 0 Å². The van der Waals surface area contributed by atoms with Crippen LogP contribution in [0.5, 0.6) is 5.75 Å². The first-order chi connectivity index (χ1) is 8.74. The van der Waals surface area contributed by atoms with Crippen LogP contribution in [-0.2, 0) is 4.79 Å².